The number of anilines is 2. The minimum atomic E-state index is 1.07. The average Bonchev–Trinajstić information content (AvgIpc) is 2.94. The Morgan fingerprint density at radius 1 is 0.783 bits per heavy atom. The molecule has 0 saturated carbocycles. The van der Waals surface area contributed by atoms with E-state index < -0.39 is 0 Å². The highest BCUT2D eigenvalue weighted by Crippen LogP contribution is 2.41. The molecule has 124 valence electrons. The van der Waals surface area contributed by atoms with Crippen molar-refractivity contribution in [3.63, 3.8) is 0 Å². The van der Waals surface area contributed by atoms with Gasteiger partial charge < -0.3 is 9.80 Å². The first-order valence-corrected chi connectivity index (χ1v) is 9.36. The number of unbranched alkanes of at least 4 members (excludes halogenated alkanes) is 4. The van der Waals surface area contributed by atoms with Gasteiger partial charge >= 0.3 is 0 Å². The van der Waals surface area contributed by atoms with Gasteiger partial charge in [-0.05, 0) is 24.3 Å². The van der Waals surface area contributed by atoms with Crippen LogP contribution in [0.1, 0.15) is 52.4 Å². The van der Waals surface area contributed by atoms with Crippen LogP contribution in [0.2, 0.25) is 0 Å². The van der Waals surface area contributed by atoms with Gasteiger partial charge in [-0.15, -0.1) is 0 Å². The maximum Gasteiger partial charge on any atom is 0.0904 e. The van der Waals surface area contributed by atoms with Crippen LogP contribution in [-0.4, -0.2) is 19.8 Å². The molecule has 0 unspecified atom stereocenters. The Balaban J connectivity index is 1.89. The van der Waals surface area contributed by atoms with Gasteiger partial charge in [-0.2, -0.15) is 0 Å². The van der Waals surface area contributed by atoms with Crippen LogP contribution in [0.5, 0.6) is 0 Å². The van der Waals surface area contributed by atoms with Gasteiger partial charge in [-0.1, -0.05) is 69.9 Å². The molecular weight excluding hydrogens is 280 g/mol. The van der Waals surface area contributed by atoms with E-state index in [4.69, 9.17) is 0 Å². The molecule has 23 heavy (non-hydrogen) atoms. The standard InChI is InChI=1S/C21H30N2/c1-3-5-9-15-22-17-23(16-10-6-4-2)21-19-12-8-7-11-18(19)13-14-20(21)22/h7-8,11-14H,3-6,9-10,15-17H2,1-2H3. The highest BCUT2D eigenvalue weighted by molar-refractivity contribution is 6.02. The molecule has 0 aliphatic carbocycles. The van der Waals surface area contributed by atoms with Gasteiger partial charge in [0.2, 0.25) is 0 Å². The molecule has 1 aliphatic heterocycles. The van der Waals surface area contributed by atoms with Gasteiger partial charge in [0.25, 0.3) is 0 Å². The number of hydrogen-bond donors (Lipinski definition) is 0. The molecule has 0 aromatic heterocycles. The van der Waals surface area contributed by atoms with Gasteiger partial charge in [0.05, 0.1) is 18.0 Å². The fourth-order valence-corrected chi connectivity index (χ4v) is 3.66. The summed E-state index contributed by atoms with van der Waals surface area (Å²) in [7, 11) is 0. The van der Waals surface area contributed by atoms with Crippen LogP contribution >= 0.6 is 0 Å². The normalized spacial score (nSPS) is 13.8. The number of rotatable bonds is 8. The Bertz CT molecular complexity index is 635. The third kappa shape index (κ3) is 3.46. The number of benzene rings is 2. The zero-order valence-corrected chi connectivity index (χ0v) is 14.7. The van der Waals surface area contributed by atoms with Crippen LogP contribution in [0.15, 0.2) is 36.4 Å². The maximum absolute atomic E-state index is 2.61. The summed E-state index contributed by atoms with van der Waals surface area (Å²) >= 11 is 0. The van der Waals surface area contributed by atoms with Gasteiger partial charge in [-0.3, -0.25) is 0 Å². The molecule has 0 bridgehead atoms. The molecule has 2 heteroatoms. The Morgan fingerprint density at radius 3 is 2.22 bits per heavy atom. The van der Waals surface area contributed by atoms with Crippen LogP contribution in [0.25, 0.3) is 10.8 Å². The van der Waals surface area contributed by atoms with Crippen molar-refractivity contribution in [2.24, 2.45) is 0 Å². The minimum Gasteiger partial charge on any atom is -0.352 e. The molecule has 0 spiro atoms. The summed E-state index contributed by atoms with van der Waals surface area (Å²) in [5.41, 5.74) is 2.91. The first-order valence-electron chi connectivity index (χ1n) is 9.36. The van der Waals surface area contributed by atoms with E-state index in [0.717, 1.165) is 6.67 Å². The van der Waals surface area contributed by atoms with Crippen LogP contribution in [0.4, 0.5) is 11.4 Å². The molecule has 0 fully saturated rings. The fourth-order valence-electron chi connectivity index (χ4n) is 3.66. The van der Waals surface area contributed by atoms with Crippen LogP contribution < -0.4 is 9.80 Å². The summed E-state index contributed by atoms with van der Waals surface area (Å²) in [5.74, 6) is 0. The third-order valence-corrected chi connectivity index (χ3v) is 4.94. The van der Waals surface area contributed by atoms with Crippen molar-refractivity contribution < 1.29 is 0 Å². The smallest absolute Gasteiger partial charge is 0.0904 e. The van der Waals surface area contributed by atoms with E-state index >= 15 is 0 Å². The molecule has 0 radical (unpaired) electrons. The van der Waals surface area contributed by atoms with E-state index in [1.54, 1.807) is 0 Å². The predicted octanol–water partition coefficient (Wildman–Crippen LogP) is 5.80. The Morgan fingerprint density at radius 2 is 1.48 bits per heavy atom. The largest absolute Gasteiger partial charge is 0.352 e. The zero-order valence-electron chi connectivity index (χ0n) is 14.7. The van der Waals surface area contributed by atoms with E-state index in [2.05, 4.69) is 60.0 Å². The maximum atomic E-state index is 2.61. The second-order valence-electron chi connectivity index (χ2n) is 6.74. The van der Waals surface area contributed by atoms with Crippen LogP contribution in [0, 0.1) is 0 Å². The zero-order chi connectivity index (χ0) is 16.1. The molecular formula is C21H30N2. The third-order valence-electron chi connectivity index (χ3n) is 4.94. The van der Waals surface area contributed by atoms with Crippen molar-refractivity contribution in [2.45, 2.75) is 52.4 Å². The van der Waals surface area contributed by atoms with Gasteiger partial charge in [0.1, 0.15) is 0 Å². The number of fused-ring (bicyclic) bond motifs is 3. The summed E-state index contributed by atoms with van der Waals surface area (Å²) < 4.78 is 0. The lowest BCUT2D eigenvalue weighted by atomic mass is 10.1. The highest BCUT2D eigenvalue weighted by atomic mass is 15.4. The quantitative estimate of drug-likeness (QED) is 0.568. The van der Waals surface area contributed by atoms with Gasteiger partial charge in [0, 0.05) is 18.5 Å². The molecule has 0 atom stereocenters. The molecule has 2 aromatic carbocycles. The lowest BCUT2D eigenvalue weighted by Crippen LogP contribution is -2.32. The SMILES string of the molecule is CCCCCN1CN(CCCCC)c2c1ccc1ccccc21. The first-order chi connectivity index (χ1) is 11.3. The Hall–Kier alpha value is -1.70. The van der Waals surface area contributed by atoms with E-state index in [0.29, 0.717) is 0 Å². The molecule has 1 aliphatic rings. The van der Waals surface area contributed by atoms with Crippen molar-refractivity contribution in [3.8, 4) is 0 Å². The van der Waals surface area contributed by atoms with E-state index in [9.17, 15) is 0 Å². The second-order valence-corrected chi connectivity index (χ2v) is 6.74. The van der Waals surface area contributed by atoms with Crippen LogP contribution in [-0.2, 0) is 0 Å². The summed E-state index contributed by atoms with van der Waals surface area (Å²) in [6, 6.07) is 13.5. The Labute approximate surface area is 141 Å². The molecule has 2 aromatic rings. The first kappa shape index (κ1) is 16.2. The van der Waals surface area contributed by atoms with Crippen molar-refractivity contribution in [1.82, 2.24) is 0 Å². The Kier molecular flexibility index (Phi) is 5.43. The molecule has 0 amide bonds. The molecule has 0 saturated heterocycles. The fraction of sp³-hybridized carbons (Fsp3) is 0.524. The van der Waals surface area contributed by atoms with Crippen LogP contribution in [0.3, 0.4) is 0 Å². The second kappa shape index (κ2) is 7.72. The molecule has 0 N–H and O–H groups in total. The van der Waals surface area contributed by atoms with E-state index in [-0.39, 0.29) is 0 Å². The summed E-state index contributed by atoms with van der Waals surface area (Å²) in [5, 5.41) is 2.78. The van der Waals surface area contributed by atoms with Gasteiger partial charge in [-0.25, -0.2) is 0 Å². The summed E-state index contributed by atoms with van der Waals surface area (Å²) in [4.78, 5) is 5.20. The monoisotopic (exact) mass is 310 g/mol. The number of hydrogen-bond acceptors (Lipinski definition) is 2. The predicted molar refractivity (Wildman–Crippen MR) is 103 cm³/mol. The van der Waals surface area contributed by atoms with Crippen molar-refractivity contribution >= 4 is 22.1 Å². The average molecular weight is 310 g/mol. The lowest BCUT2D eigenvalue weighted by molar-refractivity contribution is 0.651. The topological polar surface area (TPSA) is 6.48 Å². The summed E-state index contributed by atoms with van der Waals surface area (Å²) in [6.45, 7) is 7.99. The van der Waals surface area contributed by atoms with E-state index in [1.807, 2.05) is 0 Å². The number of nitrogens with zero attached hydrogens (tertiary/aromatic N) is 2. The van der Waals surface area contributed by atoms with Crippen molar-refractivity contribution in [2.75, 3.05) is 29.6 Å². The minimum absolute atomic E-state index is 1.07. The highest BCUT2D eigenvalue weighted by Gasteiger charge is 2.26. The lowest BCUT2D eigenvalue weighted by Gasteiger charge is -2.22. The van der Waals surface area contributed by atoms with Gasteiger partial charge in [0.15, 0.2) is 0 Å². The molecule has 1 heterocycles. The summed E-state index contributed by atoms with van der Waals surface area (Å²) in [6.07, 6.45) is 7.82. The van der Waals surface area contributed by atoms with Crippen molar-refractivity contribution in [1.29, 1.82) is 0 Å². The molecule has 3 rings (SSSR count). The van der Waals surface area contributed by atoms with Crippen molar-refractivity contribution in [3.05, 3.63) is 36.4 Å². The molecule has 2 nitrogen and oxygen atoms in total. The van der Waals surface area contributed by atoms with E-state index in [1.165, 1.54) is 73.8 Å².